The molecule has 2 N–H and O–H groups in total. The first-order valence-electron chi connectivity index (χ1n) is 6.44. The highest BCUT2D eigenvalue weighted by Crippen LogP contribution is 2.19. The zero-order chi connectivity index (χ0) is 12.3. The van der Waals surface area contributed by atoms with Crippen LogP contribution in [0.3, 0.4) is 0 Å². The van der Waals surface area contributed by atoms with E-state index in [0.29, 0.717) is 12.6 Å². The van der Waals surface area contributed by atoms with Crippen LogP contribution in [-0.2, 0) is 9.53 Å². The van der Waals surface area contributed by atoms with Crippen LogP contribution < -0.4 is 5.32 Å². The number of aliphatic carboxylic acids is 1. The normalized spacial score (nSPS) is 26.4. The van der Waals surface area contributed by atoms with Crippen LogP contribution in [0.25, 0.3) is 0 Å². The molecule has 2 rings (SSSR count). The number of nitrogens with zero attached hydrogens (tertiary/aromatic N) is 1. The van der Waals surface area contributed by atoms with Crippen LogP contribution in [-0.4, -0.2) is 60.9 Å². The lowest BCUT2D eigenvalue weighted by Crippen LogP contribution is -2.47. The monoisotopic (exact) mass is 242 g/mol. The first-order valence-corrected chi connectivity index (χ1v) is 6.44. The molecule has 0 aromatic carbocycles. The molecule has 1 heterocycles. The third-order valence-electron chi connectivity index (χ3n) is 3.35. The number of hydrogen-bond acceptors (Lipinski definition) is 4. The molecule has 17 heavy (non-hydrogen) atoms. The average Bonchev–Trinajstić information content (AvgIpc) is 2.93. The highest BCUT2D eigenvalue weighted by Gasteiger charge is 2.29. The van der Waals surface area contributed by atoms with Crippen LogP contribution in [0.1, 0.15) is 25.7 Å². The standard InChI is InChI=1S/C12H22N2O3/c1-14(7-10-3-2-6-17-10)8-11(12(15)16)13-9-4-5-9/h9-11,13H,2-8H2,1H3,(H,15,16). The minimum atomic E-state index is -0.754. The molecule has 5 nitrogen and oxygen atoms in total. The molecule has 1 saturated heterocycles. The first-order chi connectivity index (χ1) is 8.15. The Morgan fingerprint density at radius 2 is 2.29 bits per heavy atom. The quantitative estimate of drug-likeness (QED) is 0.672. The summed E-state index contributed by atoms with van der Waals surface area (Å²) in [5.41, 5.74) is 0. The molecule has 0 amide bonds. The minimum Gasteiger partial charge on any atom is -0.480 e. The Bertz CT molecular complexity index is 262. The van der Waals surface area contributed by atoms with Gasteiger partial charge in [0.15, 0.2) is 0 Å². The molecule has 0 bridgehead atoms. The highest BCUT2D eigenvalue weighted by molar-refractivity contribution is 5.73. The molecule has 0 aromatic heterocycles. The van der Waals surface area contributed by atoms with Gasteiger partial charge in [0.25, 0.3) is 0 Å². The Hall–Kier alpha value is -0.650. The van der Waals surface area contributed by atoms with Gasteiger partial charge < -0.3 is 20.1 Å². The average molecular weight is 242 g/mol. The molecule has 98 valence electrons. The molecular formula is C12H22N2O3. The van der Waals surface area contributed by atoms with Crippen LogP contribution in [0.5, 0.6) is 0 Å². The Morgan fingerprint density at radius 3 is 2.82 bits per heavy atom. The van der Waals surface area contributed by atoms with Crippen LogP contribution >= 0.6 is 0 Å². The third kappa shape index (κ3) is 4.26. The van der Waals surface area contributed by atoms with Gasteiger partial charge in [0, 0.05) is 25.7 Å². The van der Waals surface area contributed by atoms with E-state index < -0.39 is 12.0 Å². The number of hydrogen-bond donors (Lipinski definition) is 2. The second kappa shape index (κ2) is 5.80. The van der Waals surface area contributed by atoms with Crippen LogP contribution in [0.4, 0.5) is 0 Å². The topological polar surface area (TPSA) is 61.8 Å². The van der Waals surface area contributed by atoms with Gasteiger partial charge in [-0.2, -0.15) is 0 Å². The van der Waals surface area contributed by atoms with Crippen molar-refractivity contribution in [3.8, 4) is 0 Å². The number of nitrogens with one attached hydrogen (secondary N) is 1. The summed E-state index contributed by atoms with van der Waals surface area (Å²) in [6, 6.07) is -0.0267. The van der Waals surface area contributed by atoms with Crippen molar-refractivity contribution in [3.63, 3.8) is 0 Å². The fourth-order valence-corrected chi connectivity index (χ4v) is 2.26. The number of likely N-dealkylation sites (N-methyl/N-ethyl adjacent to an activating group) is 1. The fraction of sp³-hybridized carbons (Fsp3) is 0.917. The number of ether oxygens (including phenoxy) is 1. The van der Waals surface area contributed by atoms with E-state index in [1.165, 1.54) is 0 Å². The second-order valence-electron chi connectivity index (χ2n) is 5.19. The summed E-state index contributed by atoms with van der Waals surface area (Å²) in [6.07, 6.45) is 4.73. The first kappa shape index (κ1) is 12.8. The van der Waals surface area contributed by atoms with E-state index in [2.05, 4.69) is 10.2 Å². The summed E-state index contributed by atoms with van der Waals surface area (Å²) >= 11 is 0. The van der Waals surface area contributed by atoms with E-state index in [-0.39, 0.29) is 6.10 Å². The van der Waals surface area contributed by atoms with E-state index in [1.54, 1.807) is 0 Å². The smallest absolute Gasteiger partial charge is 0.322 e. The molecule has 2 atom stereocenters. The predicted octanol–water partition coefficient (Wildman–Crippen LogP) is 0.302. The van der Waals surface area contributed by atoms with E-state index in [1.807, 2.05) is 7.05 Å². The molecule has 2 fully saturated rings. The third-order valence-corrected chi connectivity index (χ3v) is 3.35. The molecule has 1 saturated carbocycles. The van der Waals surface area contributed by atoms with Crippen molar-refractivity contribution in [1.82, 2.24) is 10.2 Å². The summed E-state index contributed by atoms with van der Waals surface area (Å²) < 4.78 is 5.55. The Balaban J connectivity index is 1.73. The van der Waals surface area contributed by atoms with Gasteiger partial charge >= 0.3 is 5.97 Å². The van der Waals surface area contributed by atoms with E-state index >= 15 is 0 Å². The van der Waals surface area contributed by atoms with Crippen molar-refractivity contribution in [2.45, 2.75) is 43.9 Å². The number of carboxylic acid groups (broad SMARTS) is 1. The van der Waals surface area contributed by atoms with Gasteiger partial charge in [-0.3, -0.25) is 4.79 Å². The molecule has 0 spiro atoms. The van der Waals surface area contributed by atoms with Gasteiger partial charge in [-0.25, -0.2) is 0 Å². The summed E-state index contributed by atoms with van der Waals surface area (Å²) in [5, 5.41) is 12.3. The van der Waals surface area contributed by atoms with Crippen molar-refractivity contribution >= 4 is 5.97 Å². The largest absolute Gasteiger partial charge is 0.480 e. The van der Waals surface area contributed by atoms with Gasteiger partial charge in [-0.15, -0.1) is 0 Å². The minimum absolute atomic E-state index is 0.287. The lowest BCUT2D eigenvalue weighted by molar-refractivity contribution is -0.140. The Morgan fingerprint density at radius 1 is 1.53 bits per heavy atom. The maximum absolute atomic E-state index is 11.1. The van der Waals surface area contributed by atoms with Crippen LogP contribution in [0.2, 0.25) is 0 Å². The number of carboxylic acids is 1. The highest BCUT2D eigenvalue weighted by atomic mass is 16.5. The zero-order valence-electron chi connectivity index (χ0n) is 10.4. The maximum Gasteiger partial charge on any atom is 0.322 e. The molecule has 0 radical (unpaired) electrons. The van der Waals surface area contributed by atoms with Crippen LogP contribution in [0, 0.1) is 0 Å². The fourth-order valence-electron chi connectivity index (χ4n) is 2.26. The summed E-state index contributed by atoms with van der Waals surface area (Å²) in [4.78, 5) is 13.2. The molecule has 2 unspecified atom stereocenters. The van der Waals surface area contributed by atoms with Crippen molar-refractivity contribution in [2.24, 2.45) is 0 Å². The van der Waals surface area contributed by atoms with Crippen molar-refractivity contribution in [1.29, 1.82) is 0 Å². The molecule has 5 heteroatoms. The van der Waals surface area contributed by atoms with E-state index in [4.69, 9.17) is 9.84 Å². The van der Waals surface area contributed by atoms with E-state index in [0.717, 1.165) is 38.8 Å². The SMILES string of the molecule is CN(CC1CCCO1)CC(NC1CC1)C(=O)O. The van der Waals surface area contributed by atoms with Gasteiger partial charge in [0.1, 0.15) is 6.04 Å². The Kier molecular flexibility index (Phi) is 4.36. The Labute approximate surface area is 102 Å². The van der Waals surface area contributed by atoms with Gasteiger partial charge in [-0.05, 0) is 32.7 Å². The maximum atomic E-state index is 11.1. The van der Waals surface area contributed by atoms with Crippen molar-refractivity contribution in [2.75, 3.05) is 26.7 Å². The second-order valence-corrected chi connectivity index (χ2v) is 5.19. The zero-order valence-corrected chi connectivity index (χ0v) is 10.4. The molecule has 2 aliphatic rings. The van der Waals surface area contributed by atoms with Crippen LogP contribution in [0.15, 0.2) is 0 Å². The lowest BCUT2D eigenvalue weighted by Gasteiger charge is -2.24. The molecule has 1 aliphatic heterocycles. The molecular weight excluding hydrogens is 220 g/mol. The summed E-state index contributed by atoms with van der Waals surface area (Å²) in [5.74, 6) is -0.754. The number of carbonyl (C=O) groups is 1. The van der Waals surface area contributed by atoms with Gasteiger partial charge in [0.2, 0.25) is 0 Å². The van der Waals surface area contributed by atoms with Gasteiger partial charge in [-0.1, -0.05) is 0 Å². The van der Waals surface area contributed by atoms with Crippen molar-refractivity contribution < 1.29 is 14.6 Å². The van der Waals surface area contributed by atoms with Crippen molar-refractivity contribution in [3.05, 3.63) is 0 Å². The van der Waals surface area contributed by atoms with Gasteiger partial charge in [0.05, 0.1) is 6.10 Å². The predicted molar refractivity (Wildman–Crippen MR) is 64.1 cm³/mol. The summed E-state index contributed by atoms with van der Waals surface area (Å²) in [6.45, 7) is 2.23. The number of rotatable bonds is 7. The lowest BCUT2D eigenvalue weighted by atomic mass is 10.2. The molecule has 0 aromatic rings. The summed E-state index contributed by atoms with van der Waals surface area (Å²) in [7, 11) is 1.96. The molecule has 1 aliphatic carbocycles. The van der Waals surface area contributed by atoms with E-state index in [9.17, 15) is 4.79 Å².